The number of ether oxygens (including phenoxy) is 1. The summed E-state index contributed by atoms with van der Waals surface area (Å²) in [5.41, 5.74) is 6.99. The van der Waals surface area contributed by atoms with Gasteiger partial charge >= 0.3 is 5.97 Å². The number of halogens is 1. The van der Waals surface area contributed by atoms with Crippen LogP contribution in [0, 0.1) is 5.92 Å². The third-order valence-corrected chi connectivity index (χ3v) is 2.68. The third-order valence-electron chi connectivity index (χ3n) is 2.45. The number of hydrogen-bond donors (Lipinski definition) is 2. The van der Waals surface area contributed by atoms with E-state index in [1.807, 2.05) is 13.8 Å². The Morgan fingerprint density at radius 1 is 1.47 bits per heavy atom. The third kappa shape index (κ3) is 3.53. The molecule has 1 aromatic rings. The van der Waals surface area contributed by atoms with Gasteiger partial charge in [-0.3, -0.25) is 0 Å². The first kappa shape index (κ1) is 13.6. The van der Waals surface area contributed by atoms with E-state index < -0.39 is 6.04 Å². The predicted octanol–water partition coefficient (Wildman–Crippen LogP) is 2.53. The van der Waals surface area contributed by atoms with E-state index in [4.69, 9.17) is 22.1 Å². The van der Waals surface area contributed by atoms with Crippen molar-refractivity contribution in [2.45, 2.75) is 19.9 Å². The Hall–Kier alpha value is -1.42. The van der Waals surface area contributed by atoms with Crippen LogP contribution in [0.25, 0.3) is 0 Å². The first-order valence-corrected chi connectivity index (χ1v) is 5.73. The van der Waals surface area contributed by atoms with Crippen molar-refractivity contribution < 1.29 is 9.53 Å². The van der Waals surface area contributed by atoms with Crippen molar-refractivity contribution in [1.29, 1.82) is 0 Å². The van der Waals surface area contributed by atoms with Crippen molar-refractivity contribution >= 4 is 28.9 Å². The number of benzene rings is 1. The predicted molar refractivity (Wildman–Crippen MR) is 70.1 cm³/mol. The quantitative estimate of drug-likeness (QED) is 0.642. The van der Waals surface area contributed by atoms with Gasteiger partial charge in [0, 0.05) is 5.02 Å². The zero-order valence-corrected chi connectivity index (χ0v) is 10.9. The maximum absolute atomic E-state index is 11.6. The summed E-state index contributed by atoms with van der Waals surface area (Å²) in [6.45, 7) is 3.85. The normalized spacial score (nSPS) is 12.3. The number of anilines is 2. The van der Waals surface area contributed by atoms with Crippen LogP contribution < -0.4 is 11.1 Å². The maximum atomic E-state index is 11.6. The monoisotopic (exact) mass is 256 g/mol. The number of esters is 1. The fraction of sp³-hybridized carbons (Fsp3) is 0.417. The summed E-state index contributed by atoms with van der Waals surface area (Å²) in [6, 6.07) is 4.64. The van der Waals surface area contributed by atoms with E-state index in [2.05, 4.69) is 5.32 Å². The summed E-state index contributed by atoms with van der Waals surface area (Å²) < 4.78 is 4.74. The van der Waals surface area contributed by atoms with E-state index in [0.29, 0.717) is 16.4 Å². The molecule has 94 valence electrons. The Labute approximate surface area is 106 Å². The fourth-order valence-electron chi connectivity index (χ4n) is 1.45. The molecule has 0 heterocycles. The lowest BCUT2D eigenvalue weighted by Crippen LogP contribution is -2.35. The van der Waals surface area contributed by atoms with Crippen LogP contribution in [-0.2, 0) is 9.53 Å². The lowest BCUT2D eigenvalue weighted by atomic mass is 10.0. The Balaban J connectivity index is 2.93. The van der Waals surface area contributed by atoms with Crippen LogP contribution in [0.1, 0.15) is 13.8 Å². The van der Waals surface area contributed by atoms with Gasteiger partial charge in [-0.1, -0.05) is 25.4 Å². The van der Waals surface area contributed by atoms with Crippen LogP contribution in [0.3, 0.4) is 0 Å². The summed E-state index contributed by atoms with van der Waals surface area (Å²) in [4.78, 5) is 11.6. The van der Waals surface area contributed by atoms with E-state index in [0.717, 1.165) is 0 Å². The maximum Gasteiger partial charge on any atom is 0.328 e. The van der Waals surface area contributed by atoms with Crippen LogP contribution in [-0.4, -0.2) is 19.1 Å². The van der Waals surface area contributed by atoms with Crippen molar-refractivity contribution in [2.75, 3.05) is 18.2 Å². The van der Waals surface area contributed by atoms with Crippen molar-refractivity contribution in [3.63, 3.8) is 0 Å². The summed E-state index contributed by atoms with van der Waals surface area (Å²) >= 11 is 5.88. The molecule has 1 rings (SSSR count). The number of nitrogens with one attached hydrogen (secondary N) is 1. The smallest absolute Gasteiger partial charge is 0.328 e. The van der Waals surface area contributed by atoms with Gasteiger partial charge in [0.05, 0.1) is 18.5 Å². The zero-order chi connectivity index (χ0) is 13.0. The molecule has 0 spiro atoms. The van der Waals surface area contributed by atoms with E-state index in [1.165, 1.54) is 7.11 Å². The molecule has 0 saturated carbocycles. The second-order valence-corrected chi connectivity index (χ2v) is 4.56. The van der Waals surface area contributed by atoms with Gasteiger partial charge in [-0.25, -0.2) is 4.79 Å². The number of carbonyl (C=O) groups is 1. The van der Waals surface area contributed by atoms with Gasteiger partial charge in [0.25, 0.3) is 0 Å². The number of hydrogen-bond acceptors (Lipinski definition) is 4. The molecule has 1 aromatic carbocycles. The van der Waals surface area contributed by atoms with Crippen molar-refractivity contribution in [1.82, 2.24) is 0 Å². The Morgan fingerprint density at radius 2 is 2.12 bits per heavy atom. The number of nitrogens with two attached hydrogens (primary N) is 1. The minimum absolute atomic E-state index is 0.0841. The number of methoxy groups -OCH3 is 1. The standard InChI is InChI=1S/C12H17ClN2O2/c1-7(2)11(12(16)17-3)15-10-6-8(13)4-5-9(10)14/h4-7,11,15H,14H2,1-3H3. The van der Waals surface area contributed by atoms with E-state index >= 15 is 0 Å². The van der Waals surface area contributed by atoms with Gasteiger partial charge in [0.15, 0.2) is 0 Å². The number of carbonyl (C=O) groups excluding carboxylic acids is 1. The summed E-state index contributed by atoms with van der Waals surface area (Å²) in [7, 11) is 1.36. The highest BCUT2D eigenvalue weighted by Crippen LogP contribution is 2.25. The van der Waals surface area contributed by atoms with Crippen LogP contribution in [0.5, 0.6) is 0 Å². The van der Waals surface area contributed by atoms with Crippen molar-refractivity contribution in [3.05, 3.63) is 23.2 Å². The molecule has 17 heavy (non-hydrogen) atoms. The highest BCUT2D eigenvalue weighted by Gasteiger charge is 2.23. The molecule has 0 amide bonds. The van der Waals surface area contributed by atoms with Gasteiger partial charge in [-0.2, -0.15) is 0 Å². The second-order valence-electron chi connectivity index (χ2n) is 4.12. The summed E-state index contributed by atoms with van der Waals surface area (Å²) in [5, 5.41) is 3.62. The molecule has 5 heteroatoms. The minimum Gasteiger partial charge on any atom is -0.467 e. The average Bonchev–Trinajstić information content (AvgIpc) is 2.28. The molecule has 1 unspecified atom stereocenters. The van der Waals surface area contributed by atoms with E-state index in [-0.39, 0.29) is 11.9 Å². The molecular weight excluding hydrogens is 240 g/mol. The van der Waals surface area contributed by atoms with Gasteiger partial charge in [0.2, 0.25) is 0 Å². The first-order chi connectivity index (χ1) is 7.95. The Morgan fingerprint density at radius 3 is 2.65 bits per heavy atom. The first-order valence-electron chi connectivity index (χ1n) is 5.35. The molecule has 0 saturated heterocycles. The topological polar surface area (TPSA) is 64.3 Å². The minimum atomic E-state index is -0.444. The lowest BCUT2D eigenvalue weighted by molar-refractivity contribution is -0.142. The Bertz CT molecular complexity index is 407. The largest absolute Gasteiger partial charge is 0.467 e. The van der Waals surface area contributed by atoms with Gasteiger partial charge in [-0.15, -0.1) is 0 Å². The molecule has 0 radical (unpaired) electrons. The van der Waals surface area contributed by atoms with Gasteiger partial charge < -0.3 is 15.8 Å². The number of rotatable bonds is 4. The van der Waals surface area contributed by atoms with Crippen LogP contribution in [0.15, 0.2) is 18.2 Å². The SMILES string of the molecule is COC(=O)C(Nc1cc(Cl)ccc1N)C(C)C. The average molecular weight is 257 g/mol. The molecule has 0 aromatic heterocycles. The molecular formula is C12H17ClN2O2. The van der Waals surface area contributed by atoms with Gasteiger partial charge in [-0.05, 0) is 24.1 Å². The molecule has 0 aliphatic heterocycles. The van der Waals surface area contributed by atoms with Crippen molar-refractivity contribution in [2.24, 2.45) is 5.92 Å². The highest BCUT2D eigenvalue weighted by molar-refractivity contribution is 6.31. The zero-order valence-electron chi connectivity index (χ0n) is 10.2. The van der Waals surface area contributed by atoms with Crippen LogP contribution >= 0.6 is 11.6 Å². The van der Waals surface area contributed by atoms with Crippen molar-refractivity contribution in [3.8, 4) is 0 Å². The van der Waals surface area contributed by atoms with E-state index in [1.54, 1.807) is 18.2 Å². The second kappa shape index (κ2) is 5.77. The molecule has 1 atom stereocenters. The Kier molecular flexibility index (Phi) is 4.63. The highest BCUT2D eigenvalue weighted by atomic mass is 35.5. The molecule has 0 bridgehead atoms. The van der Waals surface area contributed by atoms with Crippen LogP contribution in [0.2, 0.25) is 5.02 Å². The molecule has 0 aliphatic carbocycles. The summed E-state index contributed by atoms with van der Waals surface area (Å²) in [5.74, 6) is -0.236. The molecule has 0 fully saturated rings. The molecule has 4 nitrogen and oxygen atoms in total. The summed E-state index contributed by atoms with van der Waals surface area (Å²) in [6.07, 6.45) is 0. The fourth-order valence-corrected chi connectivity index (χ4v) is 1.62. The molecule has 3 N–H and O–H groups in total. The lowest BCUT2D eigenvalue weighted by Gasteiger charge is -2.22. The van der Waals surface area contributed by atoms with E-state index in [9.17, 15) is 4.79 Å². The molecule has 0 aliphatic rings. The van der Waals surface area contributed by atoms with Gasteiger partial charge in [0.1, 0.15) is 6.04 Å². The van der Waals surface area contributed by atoms with Crippen LogP contribution in [0.4, 0.5) is 11.4 Å². The number of nitrogen functional groups attached to an aromatic ring is 1.